The number of hydrogen-bond donors (Lipinski definition) is 1. The summed E-state index contributed by atoms with van der Waals surface area (Å²) >= 11 is 6.44. The summed E-state index contributed by atoms with van der Waals surface area (Å²) in [6.45, 7) is 4.64. The van der Waals surface area contributed by atoms with E-state index in [-0.39, 0.29) is 10.6 Å². The van der Waals surface area contributed by atoms with Gasteiger partial charge >= 0.3 is 5.97 Å². The highest BCUT2D eigenvalue weighted by Gasteiger charge is 2.21. The van der Waals surface area contributed by atoms with Crippen molar-refractivity contribution in [2.45, 2.75) is 52.4 Å². The van der Waals surface area contributed by atoms with E-state index in [1.165, 1.54) is 25.3 Å². The number of aromatic carboxylic acids is 1. The molecule has 0 amide bonds. The molecule has 0 heterocycles. The minimum atomic E-state index is -1.11. The molecule has 0 atom stereocenters. The summed E-state index contributed by atoms with van der Waals surface area (Å²) in [5, 5.41) is 19.2. The molecular formula is C23H26ClNO3. The number of carboxylic acid groups (broad SMARTS) is 1. The zero-order valence-corrected chi connectivity index (χ0v) is 17.2. The molecule has 2 aromatic rings. The van der Waals surface area contributed by atoms with Crippen LogP contribution in [0.5, 0.6) is 5.75 Å². The highest BCUT2D eigenvalue weighted by atomic mass is 35.5. The van der Waals surface area contributed by atoms with Gasteiger partial charge in [-0.15, -0.1) is 0 Å². The second-order valence-corrected chi connectivity index (χ2v) is 7.13. The predicted molar refractivity (Wildman–Crippen MR) is 112 cm³/mol. The lowest BCUT2D eigenvalue weighted by atomic mass is 9.94. The molecule has 5 heteroatoms. The van der Waals surface area contributed by atoms with E-state index in [1.807, 2.05) is 25.1 Å². The van der Waals surface area contributed by atoms with E-state index in [0.29, 0.717) is 29.0 Å². The fraction of sp³-hybridized carbons (Fsp3) is 0.391. The summed E-state index contributed by atoms with van der Waals surface area (Å²) in [5.41, 5.74) is 2.62. The minimum absolute atomic E-state index is 0.00644. The van der Waals surface area contributed by atoms with Crippen molar-refractivity contribution in [3.05, 3.63) is 52.0 Å². The number of ether oxygens (including phenoxy) is 1. The number of nitriles is 1. The van der Waals surface area contributed by atoms with Gasteiger partial charge in [-0.25, -0.2) is 4.79 Å². The lowest BCUT2D eigenvalue weighted by Gasteiger charge is -2.16. The van der Waals surface area contributed by atoms with Gasteiger partial charge in [0.25, 0.3) is 0 Å². The van der Waals surface area contributed by atoms with Crippen LogP contribution in [-0.4, -0.2) is 17.7 Å². The monoisotopic (exact) mass is 399 g/mol. The number of halogens is 1. The number of unbranched alkanes of at least 4 members (excludes halogenated alkanes) is 3. The quantitative estimate of drug-likeness (QED) is 0.463. The van der Waals surface area contributed by atoms with Crippen LogP contribution in [0.1, 0.15) is 67.4 Å². The van der Waals surface area contributed by atoms with Gasteiger partial charge in [0.05, 0.1) is 28.8 Å². The smallest absolute Gasteiger partial charge is 0.337 e. The molecule has 0 aliphatic heterocycles. The molecule has 0 radical (unpaired) electrons. The maximum atomic E-state index is 11.5. The Morgan fingerprint density at radius 2 is 1.93 bits per heavy atom. The van der Waals surface area contributed by atoms with Gasteiger partial charge in [0, 0.05) is 11.1 Å². The van der Waals surface area contributed by atoms with Gasteiger partial charge in [-0.2, -0.15) is 5.26 Å². The zero-order valence-electron chi connectivity index (χ0n) is 16.4. The van der Waals surface area contributed by atoms with E-state index in [1.54, 1.807) is 6.07 Å². The third-order valence-corrected chi connectivity index (χ3v) is 4.98. The van der Waals surface area contributed by atoms with E-state index >= 15 is 0 Å². The van der Waals surface area contributed by atoms with Crippen molar-refractivity contribution < 1.29 is 14.6 Å². The first kappa shape index (κ1) is 21.8. The Balaban J connectivity index is 2.48. The molecule has 28 heavy (non-hydrogen) atoms. The van der Waals surface area contributed by atoms with Crippen molar-refractivity contribution in [2.75, 3.05) is 6.61 Å². The number of carbonyl (C=O) groups is 1. The number of nitrogens with zero attached hydrogens (tertiary/aromatic N) is 1. The molecule has 0 spiro atoms. The van der Waals surface area contributed by atoms with Crippen LogP contribution in [-0.2, 0) is 6.42 Å². The van der Waals surface area contributed by atoms with Crippen molar-refractivity contribution in [1.82, 2.24) is 0 Å². The SMILES string of the molecule is CCCCCCc1ccc(-c2c(OCCC)ccc(C(=O)O)c2Cl)c(C#N)c1. The van der Waals surface area contributed by atoms with Gasteiger partial charge in [-0.1, -0.05) is 56.8 Å². The molecule has 0 aliphatic rings. The zero-order chi connectivity index (χ0) is 20.5. The molecule has 2 aromatic carbocycles. The Labute approximate surface area is 171 Å². The summed E-state index contributed by atoms with van der Waals surface area (Å²) in [6.07, 6.45) is 6.36. The maximum absolute atomic E-state index is 11.5. The molecule has 0 fully saturated rings. The maximum Gasteiger partial charge on any atom is 0.337 e. The second-order valence-electron chi connectivity index (χ2n) is 6.76. The number of hydrogen-bond acceptors (Lipinski definition) is 3. The minimum Gasteiger partial charge on any atom is -0.493 e. The molecule has 4 nitrogen and oxygen atoms in total. The summed E-state index contributed by atoms with van der Waals surface area (Å²) in [4.78, 5) is 11.5. The van der Waals surface area contributed by atoms with E-state index in [4.69, 9.17) is 16.3 Å². The van der Waals surface area contributed by atoms with Gasteiger partial charge in [-0.05, 0) is 43.0 Å². The average Bonchev–Trinajstić information content (AvgIpc) is 2.69. The molecule has 2 rings (SSSR count). The van der Waals surface area contributed by atoms with Crippen LogP contribution < -0.4 is 4.74 Å². The molecular weight excluding hydrogens is 374 g/mol. The highest BCUT2D eigenvalue weighted by Crippen LogP contribution is 2.40. The summed E-state index contributed by atoms with van der Waals surface area (Å²) in [6, 6.07) is 11.0. The Kier molecular flexibility index (Phi) is 8.35. The van der Waals surface area contributed by atoms with Crippen LogP contribution in [0.3, 0.4) is 0 Å². The Morgan fingerprint density at radius 3 is 2.57 bits per heavy atom. The molecule has 0 aliphatic carbocycles. The average molecular weight is 400 g/mol. The standard InChI is InChI=1S/C23H26ClNO3/c1-3-5-6-7-8-16-9-10-18(17(14-16)15-25)21-20(28-13-4-2)12-11-19(22(21)24)23(26)27/h9-12,14H,3-8,13H2,1-2H3,(H,26,27). The molecule has 148 valence electrons. The predicted octanol–water partition coefficient (Wildman–Crippen LogP) is 6.49. The normalized spacial score (nSPS) is 10.5. The van der Waals surface area contributed by atoms with Gasteiger partial charge < -0.3 is 9.84 Å². The number of benzene rings is 2. The van der Waals surface area contributed by atoms with Crippen LogP contribution >= 0.6 is 11.6 Å². The van der Waals surface area contributed by atoms with Crippen molar-refractivity contribution in [2.24, 2.45) is 0 Å². The van der Waals surface area contributed by atoms with Crippen LogP contribution in [0.15, 0.2) is 30.3 Å². The van der Waals surface area contributed by atoms with Crippen molar-refractivity contribution in [1.29, 1.82) is 5.26 Å². The number of aryl methyl sites for hydroxylation is 1. The molecule has 0 unspecified atom stereocenters. The first-order valence-electron chi connectivity index (χ1n) is 9.75. The lowest BCUT2D eigenvalue weighted by Crippen LogP contribution is -2.03. The van der Waals surface area contributed by atoms with Crippen LogP contribution in [0.2, 0.25) is 5.02 Å². The second kappa shape index (κ2) is 10.7. The Hall–Kier alpha value is -2.51. The topological polar surface area (TPSA) is 70.3 Å². The lowest BCUT2D eigenvalue weighted by molar-refractivity contribution is 0.0697. The molecule has 1 N–H and O–H groups in total. The fourth-order valence-electron chi connectivity index (χ4n) is 3.12. The first-order valence-corrected chi connectivity index (χ1v) is 10.1. The van der Waals surface area contributed by atoms with Crippen LogP contribution in [0.25, 0.3) is 11.1 Å². The fourth-order valence-corrected chi connectivity index (χ4v) is 3.46. The van der Waals surface area contributed by atoms with Crippen LogP contribution in [0, 0.1) is 11.3 Å². The van der Waals surface area contributed by atoms with Gasteiger partial charge in [-0.3, -0.25) is 0 Å². The number of carboxylic acids is 1. The Bertz CT molecular complexity index is 871. The molecule has 0 bridgehead atoms. The van der Waals surface area contributed by atoms with E-state index in [9.17, 15) is 15.2 Å². The van der Waals surface area contributed by atoms with Crippen molar-refractivity contribution >= 4 is 17.6 Å². The third kappa shape index (κ3) is 5.27. The van der Waals surface area contributed by atoms with E-state index in [0.717, 1.165) is 24.8 Å². The summed E-state index contributed by atoms with van der Waals surface area (Å²) < 4.78 is 5.79. The van der Waals surface area contributed by atoms with Gasteiger partial charge in [0.1, 0.15) is 5.75 Å². The van der Waals surface area contributed by atoms with Gasteiger partial charge in [0.15, 0.2) is 0 Å². The molecule has 0 saturated heterocycles. The van der Waals surface area contributed by atoms with Crippen LogP contribution in [0.4, 0.5) is 0 Å². The largest absolute Gasteiger partial charge is 0.493 e. The highest BCUT2D eigenvalue weighted by molar-refractivity contribution is 6.36. The van der Waals surface area contributed by atoms with Crippen molar-refractivity contribution in [3.8, 4) is 22.9 Å². The first-order chi connectivity index (χ1) is 13.5. The number of rotatable bonds is 10. The van der Waals surface area contributed by atoms with Crippen molar-refractivity contribution in [3.63, 3.8) is 0 Å². The summed E-state index contributed by atoms with van der Waals surface area (Å²) in [5.74, 6) is -0.622. The Morgan fingerprint density at radius 1 is 1.14 bits per heavy atom. The van der Waals surface area contributed by atoms with E-state index in [2.05, 4.69) is 13.0 Å². The van der Waals surface area contributed by atoms with E-state index < -0.39 is 5.97 Å². The third-order valence-electron chi connectivity index (χ3n) is 4.59. The molecule has 0 aromatic heterocycles. The molecule has 0 saturated carbocycles. The summed E-state index contributed by atoms with van der Waals surface area (Å²) in [7, 11) is 0. The van der Waals surface area contributed by atoms with Gasteiger partial charge in [0.2, 0.25) is 0 Å².